The van der Waals surface area contributed by atoms with Crippen LogP contribution >= 0.6 is 22.6 Å². The van der Waals surface area contributed by atoms with Gasteiger partial charge >= 0.3 is 0 Å². The van der Waals surface area contributed by atoms with E-state index in [0.717, 1.165) is 9.26 Å². The maximum absolute atomic E-state index is 11.6. The molecule has 0 radical (unpaired) electrons. The van der Waals surface area contributed by atoms with Gasteiger partial charge in [0.2, 0.25) is 5.91 Å². The number of aryl methyl sites for hydroxylation is 1. The summed E-state index contributed by atoms with van der Waals surface area (Å²) >= 11 is 2.22. The number of hydrogen-bond donors (Lipinski definition) is 1. The summed E-state index contributed by atoms with van der Waals surface area (Å²) < 4.78 is 2.65. The molecule has 1 heterocycles. The molecule has 0 spiro atoms. The quantitative estimate of drug-likeness (QED) is 0.850. The van der Waals surface area contributed by atoms with Gasteiger partial charge in [0.05, 0.1) is 6.54 Å². The monoisotopic (exact) mass is 343 g/mol. The Balaban J connectivity index is 1.83. The molecule has 17 heavy (non-hydrogen) atoms. The fraction of sp³-hybridized carbons (Fsp3) is 0.200. The fourth-order valence-electron chi connectivity index (χ4n) is 1.26. The van der Waals surface area contributed by atoms with Gasteiger partial charge < -0.3 is 5.32 Å². The Hall–Kier alpha value is -1.51. The molecular weight excluding hydrogens is 333 g/mol. The lowest BCUT2D eigenvalue weighted by atomic mass is 10.3. The summed E-state index contributed by atoms with van der Waals surface area (Å²) in [6, 6.07) is 7.63. The first kappa shape index (κ1) is 12.0. The highest BCUT2D eigenvalue weighted by Gasteiger charge is 2.03. The van der Waals surface area contributed by atoms with Crippen LogP contribution in [0.15, 0.2) is 30.6 Å². The van der Waals surface area contributed by atoms with E-state index in [4.69, 9.17) is 0 Å². The van der Waals surface area contributed by atoms with Gasteiger partial charge in [-0.2, -0.15) is 0 Å². The van der Waals surface area contributed by atoms with Crippen LogP contribution < -0.4 is 5.32 Å². The first-order valence-corrected chi connectivity index (χ1v) is 6.08. The summed E-state index contributed by atoms with van der Waals surface area (Å²) in [4.78, 5) is 11.6. The zero-order chi connectivity index (χ0) is 12.1. The van der Waals surface area contributed by atoms with E-state index < -0.39 is 0 Å². The van der Waals surface area contributed by atoms with Gasteiger partial charge in [-0.15, -0.1) is 5.10 Å². The number of aromatic nitrogens is 4. The molecule has 1 aromatic heterocycles. The zero-order valence-electron chi connectivity index (χ0n) is 8.88. The maximum atomic E-state index is 11.6. The van der Waals surface area contributed by atoms with Gasteiger partial charge in [-0.1, -0.05) is 0 Å². The average molecular weight is 343 g/mol. The number of tetrazole rings is 1. The molecule has 0 aliphatic heterocycles. The minimum atomic E-state index is -0.0540. The van der Waals surface area contributed by atoms with Crippen molar-refractivity contribution in [3.8, 4) is 0 Å². The number of halogens is 1. The van der Waals surface area contributed by atoms with E-state index in [9.17, 15) is 4.79 Å². The van der Waals surface area contributed by atoms with E-state index in [-0.39, 0.29) is 5.91 Å². The Bertz CT molecular complexity index is 482. The highest BCUT2D eigenvalue weighted by atomic mass is 127. The predicted octanol–water partition coefficient (Wildman–Crippen LogP) is 1.31. The molecule has 0 unspecified atom stereocenters. The standard InChI is InChI=1S/C10H10IN5O/c11-8-1-3-9(4-2-8)13-10(17)5-6-16-7-12-14-15-16/h1-4,7H,5-6H2,(H,13,17). The number of carbonyl (C=O) groups is 1. The Morgan fingerprint density at radius 1 is 1.35 bits per heavy atom. The molecule has 6 nitrogen and oxygen atoms in total. The van der Waals surface area contributed by atoms with Gasteiger partial charge in [0, 0.05) is 15.7 Å². The first-order chi connectivity index (χ1) is 8.24. The number of nitrogens with one attached hydrogen (secondary N) is 1. The van der Waals surface area contributed by atoms with E-state index >= 15 is 0 Å². The van der Waals surface area contributed by atoms with Crippen LogP contribution in [0.3, 0.4) is 0 Å². The molecule has 2 rings (SSSR count). The number of nitrogens with zero attached hydrogens (tertiary/aromatic N) is 4. The van der Waals surface area contributed by atoms with Crippen molar-refractivity contribution in [3.05, 3.63) is 34.2 Å². The largest absolute Gasteiger partial charge is 0.326 e. The van der Waals surface area contributed by atoms with Gasteiger partial charge in [-0.05, 0) is 57.3 Å². The molecule has 0 aliphatic rings. The van der Waals surface area contributed by atoms with Crippen molar-refractivity contribution in [1.29, 1.82) is 0 Å². The van der Waals surface area contributed by atoms with Gasteiger partial charge in [-0.3, -0.25) is 4.79 Å². The predicted molar refractivity (Wildman–Crippen MR) is 70.2 cm³/mol. The van der Waals surface area contributed by atoms with Crippen LogP contribution in [0.1, 0.15) is 6.42 Å². The van der Waals surface area contributed by atoms with Gasteiger partial charge in [0.1, 0.15) is 6.33 Å². The Morgan fingerprint density at radius 2 is 2.12 bits per heavy atom. The molecule has 7 heteroatoms. The van der Waals surface area contributed by atoms with Crippen molar-refractivity contribution in [2.45, 2.75) is 13.0 Å². The third-order valence-corrected chi connectivity index (χ3v) is 2.81. The summed E-state index contributed by atoms with van der Waals surface area (Å²) in [5, 5.41) is 13.5. The van der Waals surface area contributed by atoms with Crippen molar-refractivity contribution < 1.29 is 4.79 Å². The summed E-state index contributed by atoms with van der Waals surface area (Å²) in [6.45, 7) is 0.475. The molecule has 1 amide bonds. The van der Waals surface area contributed by atoms with E-state index in [0.29, 0.717) is 13.0 Å². The van der Waals surface area contributed by atoms with Crippen molar-refractivity contribution in [2.24, 2.45) is 0 Å². The third-order valence-electron chi connectivity index (χ3n) is 2.09. The number of anilines is 1. The van der Waals surface area contributed by atoms with Gasteiger partial charge in [-0.25, -0.2) is 4.68 Å². The summed E-state index contributed by atoms with van der Waals surface area (Å²) in [5.74, 6) is -0.0540. The number of carbonyl (C=O) groups excluding carboxylic acids is 1. The summed E-state index contributed by atoms with van der Waals surface area (Å²) in [5.41, 5.74) is 0.798. The van der Waals surface area contributed by atoms with Crippen LogP contribution in [-0.4, -0.2) is 26.1 Å². The van der Waals surface area contributed by atoms with E-state index in [1.165, 1.54) is 11.0 Å². The van der Waals surface area contributed by atoms with Crippen molar-refractivity contribution in [2.75, 3.05) is 5.32 Å². The fourth-order valence-corrected chi connectivity index (χ4v) is 1.62. The van der Waals surface area contributed by atoms with Crippen LogP contribution in [0, 0.1) is 3.57 Å². The Morgan fingerprint density at radius 3 is 2.76 bits per heavy atom. The van der Waals surface area contributed by atoms with E-state index in [1.54, 1.807) is 0 Å². The summed E-state index contributed by atoms with van der Waals surface area (Å²) in [6.07, 6.45) is 1.83. The van der Waals surface area contributed by atoms with Crippen molar-refractivity contribution >= 4 is 34.2 Å². The Kier molecular flexibility index (Phi) is 4.02. The van der Waals surface area contributed by atoms with Gasteiger partial charge in [0.25, 0.3) is 0 Å². The minimum Gasteiger partial charge on any atom is -0.326 e. The third kappa shape index (κ3) is 3.77. The topological polar surface area (TPSA) is 72.7 Å². The molecule has 0 aliphatic carbocycles. The lowest BCUT2D eigenvalue weighted by molar-refractivity contribution is -0.116. The van der Waals surface area contributed by atoms with Crippen LogP contribution in [-0.2, 0) is 11.3 Å². The number of rotatable bonds is 4. The van der Waals surface area contributed by atoms with Crippen LogP contribution in [0.2, 0.25) is 0 Å². The molecule has 1 aromatic carbocycles. The lowest BCUT2D eigenvalue weighted by Gasteiger charge is -2.04. The molecule has 88 valence electrons. The highest BCUT2D eigenvalue weighted by molar-refractivity contribution is 14.1. The molecule has 0 bridgehead atoms. The van der Waals surface area contributed by atoms with E-state index in [1.807, 2.05) is 24.3 Å². The molecule has 0 saturated heterocycles. The lowest BCUT2D eigenvalue weighted by Crippen LogP contribution is -2.14. The molecule has 0 atom stereocenters. The van der Waals surface area contributed by atoms with Crippen LogP contribution in [0.4, 0.5) is 5.69 Å². The number of amides is 1. The highest BCUT2D eigenvalue weighted by Crippen LogP contribution is 2.11. The van der Waals surface area contributed by atoms with Crippen LogP contribution in [0.25, 0.3) is 0 Å². The second-order valence-electron chi connectivity index (χ2n) is 3.38. The molecule has 2 aromatic rings. The van der Waals surface area contributed by atoms with E-state index in [2.05, 4.69) is 43.4 Å². The normalized spacial score (nSPS) is 10.2. The van der Waals surface area contributed by atoms with Crippen molar-refractivity contribution in [3.63, 3.8) is 0 Å². The molecular formula is C10H10IN5O. The van der Waals surface area contributed by atoms with Crippen molar-refractivity contribution in [1.82, 2.24) is 20.2 Å². The summed E-state index contributed by atoms with van der Waals surface area (Å²) in [7, 11) is 0. The first-order valence-electron chi connectivity index (χ1n) is 5.00. The zero-order valence-corrected chi connectivity index (χ0v) is 11.0. The SMILES string of the molecule is O=C(CCn1cnnn1)Nc1ccc(I)cc1. The van der Waals surface area contributed by atoms with Gasteiger partial charge in [0.15, 0.2) is 0 Å². The second kappa shape index (κ2) is 5.71. The smallest absolute Gasteiger partial charge is 0.226 e. The maximum Gasteiger partial charge on any atom is 0.226 e. The Labute approximate surface area is 112 Å². The number of hydrogen-bond acceptors (Lipinski definition) is 4. The minimum absolute atomic E-state index is 0.0540. The molecule has 1 N–H and O–H groups in total. The molecule has 0 saturated carbocycles. The average Bonchev–Trinajstić information content (AvgIpc) is 2.83. The second-order valence-corrected chi connectivity index (χ2v) is 4.62. The molecule has 0 fully saturated rings. The van der Waals surface area contributed by atoms with Crippen LogP contribution in [0.5, 0.6) is 0 Å². The number of benzene rings is 1.